The van der Waals surface area contributed by atoms with Gasteiger partial charge in [0.15, 0.2) is 5.15 Å². The van der Waals surface area contributed by atoms with Crippen LogP contribution in [-0.4, -0.2) is 53.9 Å². The summed E-state index contributed by atoms with van der Waals surface area (Å²) in [6.07, 6.45) is 2.71. The first-order valence-electron chi connectivity index (χ1n) is 11.7. The summed E-state index contributed by atoms with van der Waals surface area (Å²) in [7, 11) is 0. The fourth-order valence-corrected chi connectivity index (χ4v) is 4.11. The molecule has 10 nitrogen and oxygen atoms in total. The van der Waals surface area contributed by atoms with E-state index in [1.807, 2.05) is 53.1 Å². The number of H-pyrrole nitrogens is 1. The first kappa shape index (κ1) is 25.5. The highest BCUT2D eigenvalue weighted by Gasteiger charge is 2.20. The predicted octanol–water partition coefficient (Wildman–Crippen LogP) is 3.14. The van der Waals surface area contributed by atoms with Crippen molar-refractivity contribution in [1.29, 1.82) is 0 Å². The number of ether oxygens (including phenoxy) is 1. The predicted molar refractivity (Wildman–Crippen MR) is 135 cm³/mol. The van der Waals surface area contributed by atoms with Gasteiger partial charge in [0, 0.05) is 18.5 Å². The topological polar surface area (TPSA) is 145 Å². The molecule has 0 aliphatic carbocycles. The van der Waals surface area contributed by atoms with Crippen LogP contribution < -0.4 is 5.73 Å². The zero-order valence-electron chi connectivity index (χ0n) is 19.9. The Morgan fingerprint density at radius 2 is 1.94 bits per heavy atom. The summed E-state index contributed by atoms with van der Waals surface area (Å²) in [4.78, 5) is 16.5. The number of hydrogen-bond donors (Lipinski definition) is 3. The fourth-order valence-electron chi connectivity index (χ4n) is 3.85. The van der Waals surface area contributed by atoms with Gasteiger partial charge < -0.3 is 20.1 Å². The number of benzene rings is 2. The number of aromatic amines is 1. The number of nitrogens with zero attached hydrogens (tertiary/aromatic N) is 5. The molecule has 0 bridgehead atoms. The number of aryl methyl sites for hydroxylation is 1. The largest absolute Gasteiger partial charge is 0.458 e. The molecule has 0 aliphatic rings. The quantitative estimate of drug-likeness (QED) is 0.261. The third kappa shape index (κ3) is 5.78. The van der Waals surface area contributed by atoms with Crippen LogP contribution in [0.2, 0.25) is 5.15 Å². The fraction of sp³-hybridized carbons (Fsp3) is 0.320. The molecule has 2 aromatic heterocycles. The molecule has 2 aromatic carbocycles. The summed E-state index contributed by atoms with van der Waals surface area (Å²) < 4.78 is 7.28. The number of imidazole rings is 1. The molecule has 2 heterocycles. The van der Waals surface area contributed by atoms with Gasteiger partial charge in [-0.15, -0.1) is 10.2 Å². The summed E-state index contributed by atoms with van der Waals surface area (Å²) >= 11 is 6.44. The molecular weight excluding hydrogens is 482 g/mol. The molecule has 11 heteroatoms. The molecular formula is C25H28ClN7O3. The Morgan fingerprint density at radius 1 is 1.19 bits per heavy atom. The van der Waals surface area contributed by atoms with Crippen molar-refractivity contribution in [2.45, 2.75) is 45.4 Å². The van der Waals surface area contributed by atoms with Crippen molar-refractivity contribution in [3.05, 3.63) is 70.8 Å². The Kier molecular flexibility index (Phi) is 8.42. The van der Waals surface area contributed by atoms with E-state index in [-0.39, 0.29) is 11.8 Å². The third-order valence-electron chi connectivity index (χ3n) is 5.83. The van der Waals surface area contributed by atoms with Crippen LogP contribution in [0.4, 0.5) is 0 Å². The Bertz CT molecular complexity index is 1290. The summed E-state index contributed by atoms with van der Waals surface area (Å²) in [5, 5.41) is 23.8. The second-order valence-corrected chi connectivity index (χ2v) is 8.69. The molecule has 4 N–H and O–H groups in total. The number of aliphatic hydroxyl groups is 1. The van der Waals surface area contributed by atoms with Crippen LogP contribution in [0.3, 0.4) is 0 Å². The third-order valence-corrected chi connectivity index (χ3v) is 6.13. The lowest BCUT2D eigenvalue weighted by molar-refractivity contribution is -0.147. The molecule has 0 amide bonds. The van der Waals surface area contributed by atoms with Gasteiger partial charge in [-0.2, -0.15) is 5.21 Å². The number of aromatic nitrogens is 6. The van der Waals surface area contributed by atoms with Crippen LogP contribution >= 0.6 is 11.6 Å². The van der Waals surface area contributed by atoms with Crippen molar-refractivity contribution in [3.63, 3.8) is 0 Å². The highest BCUT2D eigenvalue weighted by molar-refractivity contribution is 6.30. The van der Waals surface area contributed by atoms with E-state index in [1.54, 1.807) is 0 Å². The van der Waals surface area contributed by atoms with Gasteiger partial charge in [0.2, 0.25) is 5.82 Å². The molecule has 0 saturated heterocycles. The number of aliphatic hydroxyl groups excluding tert-OH is 1. The summed E-state index contributed by atoms with van der Waals surface area (Å²) in [5.41, 5.74) is 10.1. The van der Waals surface area contributed by atoms with Crippen LogP contribution in [0.15, 0.2) is 48.5 Å². The van der Waals surface area contributed by atoms with Crippen LogP contribution in [0.25, 0.3) is 22.5 Å². The second kappa shape index (κ2) is 11.9. The van der Waals surface area contributed by atoms with Crippen molar-refractivity contribution in [2.24, 2.45) is 5.73 Å². The van der Waals surface area contributed by atoms with E-state index in [1.165, 1.54) is 0 Å². The van der Waals surface area contributed by atoms with E-state index in [0.29, 0.717) is 18.1 Å². The molecule has 36 heavy (non-hydrogen) atoms. The normalized spacial score (nSPS) is 12.0. The minimum atomic E-state index is -1.09. The van der Waals surface area contributed by atoms with Gasteiger partial charge in [0.1, 0.15) is 18.5 Å². The standard InChI is InChI=1S/C25H28ClN7O3/c1-2-3-8-22-28-23(26)21(15-36-25(35)20(27)14-34)33(22)13-16-9-11-17(12-10-16)18-6-4-5-7-19(18)24-29-31-32-30-24/h4-7,9-12,20,34H,2-3,8,13-15,27H2,1H3,(H,29,30,31,32)/t20-/m0/s1. The van der Waals surface area contributed by atoms with Crippen LogP contribution in [0, 0.1) is 0 Å². The molecule has 188 valence electrons. The van der Waals surface area contributed by atoms with E-state index in [0.717, 1.165) is 47.3 Å². The zero-order valence-corrected chi connectivity index (χ0v) is 20.6. The van der Waals surface area contributed by atoms with E-state index >= 15 is 0 Å². The van der Waals surface area contributed by atoms with Crippen LogP contribution in [0.1, 0.15) is 36.8 Å². The molecule has 0 unspecified atom stereocenters. The Morgan fingerprint density at radius 3 is 2.61 bits per heavy atom. The van der Waals surface area contributed by atoms with E-state index in [2.05, 4.69) is 32.5 Å². The highest BCUT2D eigenvalue weighted by Crippen LogP contribution is 2.30. The van der Waals surface area contributed by atoms with Gasteiger partial charge in [-0.25, -0.2) is 4.98 Å². The van der Waals surface area contributed by atoms with Gasteiger partial charge in [0.25, 0.3) is 0 Å². The number of nitrogens with two attached hydrogens (primary N) is 1. The number of hydrogen-bond acceptors (Lipinski definition) is 8. The molecule has 1 atom stereocenters. The maximum atomic E-state index is 12.0. The molecule has 0 radical (unpaired) electrons. The van der Waals surface area contributed by atoms with Crippen molar-refractivity contribution in [1.82, 2.24) is 30.2 Å². The molecule has 0 fully saturated rings. The minimum Gasteiger partial charge on any atom is -0.458 e. The first-order valence-corrected chi connectivity index (χ1v) is 12.1. The maximum absolute atomic E-state index is 12.0. The lowest BCUT2D eigenvalue weighted by Gasteiger charge is -2.14. The number of carbonyl (C=O) groups excluding carboxylic acids is 1. The molecule has 4 rings (SSSR count). The van der Waals surface area contributed by atoms with Crippen molar-refractivity contribution in [2.75, 3.05) is 6.61 Å². The number of halogens is 1. The Balaban J connectivity index is 1.59. The SMILES string of the molecule is CCCCc1nc(Cl)c(COC(=O)[C@@H](N)CO)n1Cc1ccc(-c2ccccc2-c2nn[nH]n2)cc1. The average Bonchev–Trinajstić information content (AvgIpc) is 3.54. The van der Waals surface area contributed by atoms with Gasteiger partial charge in [0.05, 0.1) is 12.3 Å². The van der Waals surface area contributed by atoms with Gasteiger partial charge >= 0.3 is 5.97 Å². The first-order chi connectivity index (χ1) is 17.5. The lowest BCUT2D eigenvalue weighted by Crippen LogP contribution is -2.35. The van der Waals surface area contributed by atoms with Crippen LogP contribution in [0.5, 0.6) is 0 Å². The average molecular weight is 510 g/mol. The number of carbonyl (C=O) groups is 1. The van der Waals surface area contributed by atoms with Gasteiger partial charge in [-0.3, -0.25) is 4.79 Å². The number of esters is 1. The van der Waals surface area contributed by atoms with E-state index in [4.69, 9.17) is 27.2 Å². The van der Waals surface area contributed by atoms with Crippen LogP contribution in [-0.2, 0) is 29.1 Å². The smallest absolute Gasteiger partial charge is 0.325 e. The summed E-state index contributed by atoms with van der Waals surface area (Å²) in [6, 6.07) is 14.9. The zero-order chi connectivity index (χ0) is 25.5. The van der Waals surface area contributed by atoms with E-state index < -0.39 is 18.6 Å². The van der Waals surface area contributed by atoms with Crippen molar-refractivity contribution >= 4 is 17.6 Å². The minimum absolute atomic E-state index is 0.0827. The van der Waals surface area contributed by atoms with E-state index in [9.17, 15) is 4.79 Å². The molecule has 0 aliphatic heterocycles. The lowest BCUT2D eigenvalue weighted by atomic mass is 9.98. The molecule has 0 spiro atoms. The number of tetrazole rings is 1. The summed E-state index contributed by atoms with van der Waals surface area (Å²) in [6.45, 7) is 2.04. The van der Waals surface area contributed by atoms with Crippen molar-refractivity contribution < 1.29 is 14.6 Å². The molecule has 4 aromatic rings. The number of rotatable bonds is 11. The number of unbranched alkanes of at least 4 members (excludes halogenated alkanes) is 1. The van der Waals surface area contributed by atoms with Gasteiger partial charge in [-0.05, 0) is 28.3 Å². The number of nitrogens with one attached hydrogen (secondary N) is 1. The highest BCUT2D eigenvalue weighted by atomic mass is 35.5. The Labute approximate surface area is 213 Å². The summed E-state index contributed by atoms with van der Waals surface area (Å²) in [5.74, 6) is 0.662. The monoisotopic (exact) mass is 509 g/mol. The second-order valence-electron chi connectivity index (χ2n) is 8.33. The maximum Gasteiger partial charge on any atom is 0.325 e. The molecule has 0 saturated carbocycles. The van der Waals surface area contributed by atoms with Crippen molar-refractivity contribution in [3.8, 4) is 22.5 Å². The van der Waals surface area contributed by atoms with Gasteiger partial charge in [-0.1, -0.05) is 73.5 Å². The Hall–Kier alpha value is -3.60.